The monoisotopic (exact) mass is 364 g/mol. The zero-order valence-electron chi connectivity index (χ0n) is 15.0. The Morgan fingerprint density at radius 3 is 2.33 bits per heavy atom. The molecule has 1 heterocycles. The van der Waals surface area contributed by atoms with E-state index in [1.54, 1.807) is 17.0 Å². The molecule has 1 aliphatic heterocycles. The first-order valence-corrected chi connectivity index (χ1v) is 9.21. The van der Waals surface area contributed by atoms with Gasteiger partial charge < -0.3 is 15.1 Å². The van der Waals surface area contributed by atoms with E-state index in [2.05, 4.69) is 17.4 Å². The number of urea groups is 1. The van der Waals surface area contributed by atoms with Crippen LogP contribution in [0, 0.1) is 17.1 Å². The molecule has 5 nitrogen and oxygen atoms in total. The van der Waals surface area contributed by atoms with Crippen LogP contribution in [0.25, 0.3) is 0 Å². The molecule has 0 saturated carbocycles. The summed E-state index contributed by atoms with van der Waals surface area (Å²) in [7, 11) is 0. The third-order valence-corrected chi connectivity index (χ3v) is 5.39. The smallest absolute Gasteiger partial charge is 0.317 e. The number of carbonyl (C=O) groups is 1. The number of benzene rings is 2. The summed E-state index contributed by atoms with van der Waals surface area (Å²) in [6.07, 6.45) is 1.74. The topological polar surface area (TPSA) is 59.4 Å². The number of halogens is 1. The number of hydrogen-bond acceptors (Lipinski definition) is 3. The Morgan fingerprint density at radius 1 is 1.04 bits per heavy atom. The van der Waals surface area contributed by atoms with Crippen molar-refractivity contribution in [3.63, 3.8) is 0 Å². The number of fused-ring (bicyclic) bond motifs is 1. The van der Waals surface area contributed by atoms with Gasteiger partial charge in [0.15, 0.2) is 0 Å². The van der Waals surface area contributed by atoms with Crippen LogP contribution in [-0.2, 0) is 12.8 Å². The van der Waals surface area contributed by atoms with Gasteiger partial charge in [-0.05, 0) is 36.1 Å². The molecule has 1 N–H and O–H groups in total. The Hall–Kier alpha value is -3.07. The maximum atomic E-state index is 13.8. The molecule has 2 aromatic rings. The van der Waals surface area contributed by atoms with Gasteiger partial charge in [0.2, 0.25) is 0 Å². The summed E-state index contributed by atoms with van der Waals surface area (Å²) in [6.45, 7) is 2.26. The number of piperazine rings is 1. The van der Waals surface area contributed by atoms with Gasteiger partial charge in [-0.2, -0.15) is 5.26 Å². The number of anilines is 1. The average Bonchev–Trinajstić information content (AvgIpc) is 3.10. The first-order valence-electron chi connectivity index (χ1n) is 9.21. The lowest BCUT2D eigenvalue weighted by Gasteiger charge is -2.36. The summed E-state index contributed by atoms with van der Waals surface area (Å²) in [4.78, 5) is 16.4. The van der Waals surface area contributed by atoms with Gasteiger partial charge in [0.05, 0.1) is 5.69 Å². The van der Waals surface area contributed by atoms with Crippen molar-refractivity contribution in [2.45, 2.75) is 18.9 Å². The van der Waals surface area contributed by atoms with E-state index in [1.165, 1.54) is 17.2 Å². The van der Waals surface area contributed by atoms with E-state index in [0.29, 0.717) is 31.9 Å². The molecule has 2 aromatic carbocycles. The Labute approximate surface area is 158 Å². The van der Waals surface area contributed by atoms with Crippen LogP contribution in [0.1, 0.15) is 16.7 Å². The summed E-state index contributed by atoms with van der Waals surface area (Å²) in [5, 5.41) is 12.4. The molecule has 0 aromatic heterocycles. The van der Waals surface area contributed by atoms with E-state index in [9.17, 15) is 14.4 Å². The third-order valence-electron chi connectivity index (χ3n) is 5.39. The highest BCUT2D eigenvalue weighted by Gasteiger charge is 2.27. The van der Waals surface area contributed by atoms with E-state index in [0.717, 1.165) is 12.8 Å². The van der Waals surface area contributed by atoms with Crippen LogP contribution < -0.4 is 10.2 Å². The van der Waals surface area contributed by atoms with E-state index in [-0.39, 0.29) is 17.6 Å². The highest BCUT2D eigenvalue weighted by molar-refractivity contribution is 5.75. The van der Waals surface area contributed by atoms with Crippen LogP contribution in [0.2, 0.25) is 0 Å². The molecule has 0 radical (unpaired) electrons. The molecular formula is C21H21FN4O. The maximum absolute atomic E-state index is 13.8. The lowest BCUT2D eigenvalue weighted by atomic mass is 10.1. The molecule has 1 fully saturated rings. The number of carbonyl (C=O) groups excluding carboxylic acids is 1. The first kappa shape index (κ1) is 17.3. The SMILES string of the molecule is N#Cc1c(F)cccc1N1CCN(C(=O)NC2Cc3ccccc3C2)CC1. The highest BCUT2D eigenvalue weighted by atomic mass is 19.1. The quantitative estimate of drug-likeness (QED) is 0.891. The second kappa shape index (κ2) is 7.28. The van der Waals surface area contributed by atoms with Crippen molar-refractivity contribution in [2.75, 3.05) is 31.1 Å². The van der Waals surface area contributed by atoms with Gasteiger partial charge in [-0.3, -0.25) is 0 Å². The minimum atomic E-state index is -0.504. The number of hydrogen-bond donors (Lipinski definition) is 1. The Balaban J connectivity index is 1.34. The van der Waals surface area contributed by atoms with Crippen molar-refractivity contribution in [3.05, 3.63) is 65.0 Å². The molecular weight excluding hydrogens is 343 g/mol. The molecule has 1 aliphatic carbocycles. The first-order chi connectivity index (χ1) is 13.2. The molecule has 0 bridgehead atoms. The minimum absolute atomic E-state index is 0.0489. The number of nitrogens with one attached hydrogen (secondary N) is 1. The van der Waals surface area contributed by atoms with Crippen LogP contribution in [0.5, 0.6) is 0 Å². The van der Waals surface area contributed by atoms with Crippen molar-refractivity contribution >= 4 is 11.7 Å². The second-order valence-electron chi connectivity index (χ2n) is 7.04. The molecule has 138 valence electrons. The Bertz CT molecular complexity index is 874. The maximum Gasteiger partial charge on any atom is 0.317 e. The summed E-state index contributed by atoms with van der Waals surface area (Å²) in [6, 6.07) is 15.0. The van der Waals surface area contributed by atoms with Crippen molar-refractivity contribution in [1.82, 2.24) is 10.2 Å². The predicted molar refractivity (Wildman–Crippen MR) is 101 cm³/mol. The second-order valence-corrected chi connectivity index (χ2v) is 7.04. The third kappa shape index (κ3) is 3.45. The number of nitriles is 1. The van der Waals surface area contributed by atoms with Gasteiger partial charge in [-0.15, -0.1) is 0 Å². The van der Waals surface area contributed by atoms with Crippen molar-refractivity contribution in [3.8, 4) is 6.07 Å². The van der Waals surface area contributed by atoms with E-state index >= 15 is 0 Å². The number of rotatable bonds is 2. The van der Waals surface area contributed by atoms with Gasteiger partial charge in [0, 0.05) is 32.2 Å². The van der Waals surface area contributed by atoms with Crippen LogP contribution in [0.4, 0.5) is 14.9 Å². The molecule has 6 heteroatoms. The number of nitrogens with zero attached hydrogens (tertiary/aromatic N) is 3. The normalized spacial score (nSPS) is 16.7. The Kier molecular flexibility index (Phi) is 4.68. The van der Waals surface area contributed by atoms with Gasteiger partial charge >= 0.3 is 6.03 Å². The van der Waals surface area contributed by atoms with Crippen LogP contribution in [-0.4, -0.2) is 43.2 Å². The fourth-order valence-electron chi connectivity index (χ4n) is 3.96. The van der Waals surface area contributed by atoms with Crippen molar-refractivity contribution in [2.24, 2.45) is 0 Å². The molecule has 1 saturated heterocycles. The molecule has 0 atom stereocenters. The molecule has 0 unspecified atom stereocenters. The molecule has 4 rings (SSSR count). The highest BCUT2D eigenvalue weighted by Crippen LogP contribution is 2.24. The van der Waals surface area contributed by atoms with Gasteiger partial charge in [0.25, 0.3) is 0 Å². The zero-order chi connectivity index (χ0) is 18.8. The van der Waals surface area contributed by atoms with Crippen molar-refractivity contribution in [1.29, 1.82) is 5.26 Å². The van der Waals surface area contributed by atoms with Gasteiger partial charge in [0.1, 0.15) is 17.4 Å². The molecule has 2 aliphatic rings. The standard InChI is InChI=1S/C21H21FN4O/c22-19-6-3-7-20(18(19)14-23)25-8-10-26(11-9-25)21(27)24-17-12-15-4-1-2-5-16(15)13-17/h1-7,17H,8-13H2,(H,24,27). The van der Waals surface area contributed by atoms with Crippen LogP contribution >= 0.6 is 0 Å². The predicted octanol–water partition coefficient (Wildman–Crippen LogP) is 2.70. The van der Waals surface area contributed by atoms with E-state index < -0.39 is 5.82 Å². The van der Waals surface area contributed by atoms with E-state index in [4.69, 9.17) is 0 Å². The largest absolute Gasteiger partial charge is 0.367 e. The summed E-state index contributed by atoms with van der Waals surface area (Å²) < 4.78 is 13.8. The summed E-state index contributed by atoms with van der Waals surface area (Å²) in [5.74, 6) is -0.504. The summed E-state index contributed by atoms with van der Waals surface area (Å²) >= 11 is 0. The van der Waals surface area contributed by atoms with E-state index in [1.807, 2.05) is 23.1 Å². The van der Waals surface area contributed by atoms with Gasteiger partial charge in [-0.25, -0.2) is 9.18 Å². The van der Waals surface area contributed by atoms with Crippen LogP contribution in [0.3, 0.4) is 0 Å². The van der Waals surface area contributed by atoms with Crippen molar-refractivity contribution < 1.29 is 9.18 Å². The Morgan fingerprint density at radius 2 is 1.70 bits per heavy atom. The van der Waals surface area contributed by atoms with Crippen LogP contribution in [0.15, 0.2) is 42.5 Å². The molecule has 27 heavy (non-hydrogen) atoms. The molecule has 0 spiro atoms. The summed E-state index contributed by atoms with van der Waals surface area (Å²) in [5.41, 5.74) is 3.29. The lowest BCUT2D eigenvalue weighted by molar-refractivity contribution is 0.190. The fraction of sp³-hybridized carbons (Fsp3) is 0.333. The lowest BCUT2D eigenvalue weighted by Crippen LogP contribution is -2.53. The molecule has 2 amide bonds. The average molecular weight is 364 g/mol. The zero-order valence-corrected chi connectivity index (χ0v) is 15.0. The number of amides is 2. The van der Waals surface area contributed by atoms with Gasteiger partial charge in [-0.1, -0.05) is 30.3 Å². The minimum Gasteiger partial charge on any atom is -0.367 e. The fourth-order valence-corrected chi connectivity index (χ4v) is 3.96.